The lowest BCUT2D eigenvalue weighted by Crippen LogP contribution is -2.31. The highest BCUT2D eigenvalue weighted by molar-refractivity contribution is 6.59. The number of hydrogen-bond acceptors (Lipinski definition) is 3. The molecule has 1 aromatic rings. The van der Waals surface area contributed by atoms with Gasteiger partial charge >= 0.3 is 7.12 Å². The van der Waals surface area contributed by atoms with E-state index in [1.165, 1.54) is 0 Å². The minimum Gasteiger partial charge on any atom is -0.423 e. The molecule has 0 saturated heterocycles. The van der Waals surface area contributed by atoms with Gasteiger partial charge in [-0.15, -0.1) is 0 Å². The van der Waals surface area contributed by atoms with Gasteiger partial charge in [0.1, 0.15) is 6.79 Å². The van der Waals surface area contributed by atoms with Crippen LogP contribution in [-0.4, -0.2) is 24.0 Å². The second kappa shape index (κ2) is 5.52. The van der Waals surface area contributed by atoms with Crippen LogP contribution in [-0.2, 0) is 4.79 Å². The minimum atomic E-state index is -1.35. The molecule has 12 heavy (non-hydrogen) atoms. The van der Waals surface area contributed by atoms with Crippen molar-refractivity contribution in [2.45, 2.75) is 6.92 Å². The monoisotopic (exact) mass is 166 g/mol. The molecule has 0 bridgehead atoms. The van der Waals surface area contributed by atoms with Crippen molar-refractivity contribution >= 4 is 19.4 Å². The maximum Gasteiger partial charge on any atom is 0.488 e. The fraction of sp³-hybridized carbons (Fsp3) is 0.125. The van der Waals surface area contributed by atoms with Crippen molar-refractivity contribution in [2.75, 3.05) is 0 Å². The van der Waals surface area contributed by atoms with Crippen LogP contribution in [0.2, 0.25) is 0 Å². The lowest BCUT2D eigenvalue weighted by molar-refractivity contribution is -0.0979. The minimum absolute atomic E-state index is 0.572. The first-order valence-electron chi connectivity index (χ1n) is 3.42. The van der Waals surface area contributed by atoms with Crippen molar-refractivity contribution in [1.82, 2.24) is 0 Å². The number of rotatable bonds is 1. The van der Waals surface area contributed by atoms with Crippen molar-refractivity contribution in [3.8, 4) is 0 Å². The SMILES string of the molecule is C=O.Cc1ccccc1B(O)O. The second-order valence-electron chi connectivity index (χ2n) is 2.23. The lowest BCUT2D eigenvalue weighted by Gasteiger charge is -2.01. The van der Waals surface area contributed by atoms with Gasteiger partial charge < -0.3 is 14.8 Å². The smallest absolute Gasteiger partial charge is 0.423 e. The van der Waals surface area contributed by atoms with Gasteiger partial charge in [-0.05, 0) is 12.4 Å². The number of carbonyl (C=O) groups is 1. The van der Waals surface area contributed by atoms with Gasteiger partial charge in [0.15, 0.2) is 0 Å². The first-order valence-corrected chi connectivity index (χ1v) is 3.42. The molecule has 0 amide bonds. The van der Waals surface area contributed by atoms with E-state index in [2.05, 4.69) is 0 Å². The Labute approximate surface area is 71.8 Å². The van der Waals surface area contributed by atoms with Crippen molar-refractivity contribution < 1.29 is 14.8 Å². The molecule has 0 saturated carbocycles. The molecule has 0 aromatic heterocycles. The van der Waals surface area contributed by atoms with E-state index in [0.717, 1.165) is 5.56 Å². The van der Waals surface area contributed by atoms with Crippen molar-refractivity contribution in [3.05, 3.63) is 29.8 Å². The van der Waals surface area contributed by atoms with Crippen molar-refractivity contribution in [3.63, 3.8) is 0 Å². The average Bonchev–Trinajstić information content (AvgIpc) is 2.08. The topological polar surface area (TPSA) is 57.5 Å². The second-order valence-corrected chi connectivity index (χ2v) is 2.23. The van der Waals surface area contributed by atoms with E-state index in [9.17, 15) is 0 Å². The third kappa shape index (κ3) is 2.86. The van der Waals surface area contributed by atoms with Gasteiger partial charge in [-0.25, -0.2) is 0 Å². The van der Waals surface area contributed by atoms with Crippen LogP contribution in [0.25, 0.3) is 0 Å². The molecular weight excluding hydrogens is 155 g/mol. The summed E-state index contributed by atoms with van der Waals surface area (Å²) in [5.41, 5.74) is 1.47. The van der Waals surface area contributed by atoms with E-state index in [1.807, 2.05) is 25.8 Å². The molecule has 0 heterocycles. The normalized spacial score (nSPS) is 8.25. The molecule has 64 valence electrons. The molecule has 1 aromatic carbocycles. The van der Waals surface area contributed by atoms with Crippen LogP contribution in [0.3, 0.4) is 0 Å². The largest absolute Gasteiger partial charge is 0.488 e. The van der Waals surface area contributed by atoms with Crippen molar-refractivity contribution in [1.29, 1.82) is 0 Å². The Morgan fingerprint density at radius 3 is 2.08 bits per heavy atom. The van der Waals surface area contributed by atoms with Crippen LogP contribution < -0.4 is 5.46 Å². The highest BCUT2D eigenvalue weighted by Gasteiger charge is 2.11. The molecule has 2 N–H and O–H groups in total. The zero-order valence-corrected chi connectivity index (χ0v) is 6.90. The molecule has 0 fully saturated rings. The summed E-state index contributed by atoms with van der Waals surface area (Å²) in [6, 6.07) is 7.18. The van der Waals surface area contributed by atoms with Gasteiger partial charge in [0, 0.05) is 0 Å². The van der Waals surface area contributed by atoms with Gasteiger partial charge in [0.05, 0.1) is 0 Å². The van der Waals surface area contributed by atoms with Gasteiger partial charge in [-0.3, -0.25) is 0 Å². The van der Waals surface area contributed by atoms with E-state index in [-0.39, 0.29) is 0 Å². The van der Waals surface area contributed by atoms with Crippen LogP contribution >= 0.6 is 0 Å². The Morgan fingerprint density at radius 2 is 1.75 bits per heavy atom. The Balaban J connectivity index is 0.000000561. The number of aryl methyl sites for hydroxylation is 1. The zero-order valence-electron chi connectivity index (χ0n) is 6.90. The summed E-state index contributed by atoms with van der Waals surface area (Å²) in [4.78, 5) is 8.00. The molecule has 0 atom stereocenters. The fourth-order valence-electron chi connectivity index (χ4n) is 0.876. The van der Waals surface area contributed by atoms with E-state index in [1.54, 1.807) is 12.1 Å². The quantitative estimate of drug-likeness (QED) is 0.552. The van der Waals surface area contributed by atoms with Gasteiger partial charge in [-0.1, -0.05) is 29.8 Å². The molecule has 0 aliphatic rings. The molecule has 0 spiro atoms. The van der Waals surface area contributed by atoms with Gasteiger partial charge in [-0.2, -0.15) is 0 Å². The first kappa shape index (κ1) is 10.9. The molecular formula is C8H11BO3. The predicted molar refractivity (Wildman–Crippen MR) is 48.1 cm³/mol. The Bertz CT molecular complexity index is 237. The summed E-state index contributed by atoms with van der Waals surface area (Å²) < 4.78 is 0. The van der Waals surface area contributed by atoms with Crippen LogP contribution in [0.15, 0.2) is 24.3 Å². The lowest BCUT2D eigenvalue weighted by atomic mass is 9.77. The zero-order chi connectivity index (χ0) is 9.56. The Morgan fingerprint density at radius 1 is 1.25 bits per heavy atom. The first-order chi connectivity index (χ1) is 5.72. The summed E-state index contributed by atoms with van der Waals surface area (Å²) in [6.07, 6.45) is 0. The number of hydrogen-bond donors (Lipinski definition) is 2. The summed E-state index contributed by atoms with van der Waals surface area (Å²) in [6.45, 7) is 3.84. The van der Waals surface area contributed by atoms with E-state index < -0.39 is 7.12 Å². The van der Waals surface area contributed by atoms with Crippen LogP contribution in [0.4, 0.5) is 0 Å². The summed E-state index contributed by atoms with van der Waals surface area (Å²) >= 11 is 0. The molecule has 0 unspecified atom stereocenters. The van der Waals surface area contributed by atoms with Crippen LogP contribution in [0.1, 0.15) is 5.56 Å². The summed E-state index contributed by atoms with van der Waals surface area (Å²) in [5.74, 6) is 0. The van der Waals surface area contributed by atoms with Gasteiger partial charge in [0.25, 0.3) is 0 Å². The maximum atomic E-state index is 8.76. The predicted octanol–water partition coefficient (Wildman–Crippen LogP) is -0.510. The van der Waals surface area contributed by atoms with Crippen molar-refractivity contribution in [2.24, 2.45) is 0 Å². The molecule has 3 nitrogen and oxygen atoms in total. The third-order valence-corrected chi connectivity index (χ3v) is 1.47. The van der Waals surface area contributed by atoms with Crippen LogP contribution in [0, 0.1) is 6.92 Å². The Hall–Kier alpha value is -1.13. The summed E-state index contributed by atoms with van der Waals surface area (Å²) in [7, 11) is -1.35. The van der Waals surface area contributed by atoms with Gasteiger partial charge in [0.2, 0.25) is 0 Å². The fourth-order valence-corrected chi connectivity index (χ4v) is 0.876. The Kier molecular flexibility index (Phi) is 5.00. The van der Waals surface area contributed by atoms with E-state index >= 15 is 0 Å². The summed E-state index contributed by atoms with van der Waals surface area (Å²) in [5, 5.41) is 17.5. The standard InChI is InChI=1S/C7H9BO2.CH2O/c1-6-4-2-3-5-7(6)8(9)10;1-2/h2-5,9-10H,1H3;1H2. The highest BCUT2D eigenvalue weighted by atomic mass is 16.4. The third-order valence-electron chi connectivity index (χ3n) is 1.47. The van der Waals surface area contributed by atoms with Crippen LogP contribution in [0.5, 0.6) is 0 Å². The average molecular weight is 166 g/mol. The maximum absolute atomic E-state index is 8.76. The van der Waals surface area contributed by atoms with E-state index in [0.29, 0.717) is 5.46 Å². The molecule has 0 radical (unpaired) electrons. The highest BCUT2D eigenvalue weighted by Crippen LogP contribution is 1.92. The molecule has 0 aliphatic heterocycles. The van der Waals surface area contributed by atoms with E-state index in [4.69, 9.17) is 14.8 Å². The molecule has 0 aliphatic carbocycles. The molecule has 1 rings (SSSR count). The number of benzene rings is 1. The number of carbonyl (C=O) groups excluding carboxylic acids is 1. The molecule has 4 heteroatoms.